The molecule has 0 radical (unpaired) electrons. The Kier molecular flexibility index (Phi) is 4.61. The summed E-state index contributed by atoms with van der Waals surface area (Å²) < 4.78 is 0. The molecule has 0 saturated carbocycles. The zero-order valence-corrected chi connectivity index (χ0v) is 12.8. The Morgan fingerprint density at radius 3 is 2.70 bits per heavy atom. The van der Waals surface area contributed by atoms with Gasteiger partial charge in [-0.15, -0.1) is 0 Å². The summed E-state index contributed by atoms with van der Waals surface area (Å²) in [6.07, 6.45) is 0.931. The predicted octanol–water partition coefficient (Wildman–Crippen LogP) is 4.15. The van der Waals surface area contributed by atoms with E-state index in [1.165, 1.54) is 0 Å². The first-order valence-electron chi connectivity index (χ1n) is 6.90. The van der Waals surface area contributed by atoms with E-state index in [2.05, 4.69) is 11.9 Å². The molecule has 3 nitrogen and oxygen atoms in total. The first-order valence-corrected chi connectivity index (χ1v) is 7.28. The van der Waals surface area contributed by atoms with E-state index in [9.17, 15) is 4.79 Å². The second kappa shape index (κ2) is 6.23. The summed E-state index contributed by atoms with van der Waals surface area (Å²) in [6, 6.07) is 9.42. The number of halogens is 1. The van der Waals surface area contributed by atoms with Crippen LogP contribution in [0.1, 0.15) is 37.6 Å². The van der Waals surface area contributed by atoms with Gasteiger partial charge >= 0.3 is 0 Å². The molecular formula is C16H19ClN2O. The highest BCUT2D eigenvalue weighted by molar-refractivity contribution is 6.30. The van der Waals surface area contributed by atoms with Crippen molar-refractivity contribution in [2.24, 2.45) is 0 Å². The lowest BCUT2D eigenvalue weighted by atomic mass is 10.1. The van der Waals surface area contributed by atoms with E-state index in [-0.39, 0.29) is 11.9 Å². The zero-order chi connectivity index (χ0) is 14.7. The van der Waals surface area contributed by atoms with E-state index >= 15 is 0 Å². The number of pyridine rings is 1. The minimum absolute atomic E-state index is 0.0161. The van der Waals surface area contributed by atoms with Gasteiger partial charge in [0.25, 0.3) is 5.91 Å². The Hall–Kier alpha value is -1.61. The fourth-order valence-corrected chi connectivity index (χ4v) is 2.51. The third kappa shape index (κ3) is 2.93. The van der Waals surface area contributed by atoms with Crippen molar-refractivity contribution in [1.29, 1.82) is 0 Å². The molecule has 0 aliphatic heterocycles. The van der Waals surface area contributed by atoms with Crippen LogP contribution in [0.15, 0.2) is 30.3 Å². The summed E-state index contributed by atoms with van der Waals surface area (Å²) in [4.78, 5) is 18.9. The summed E-state index contributed by atoms with van der Waals surface area (Å²) in [5, 5.41) is 1.20. The molecule has 4 heteroatoms. The van der Waals surface area contributed by atoms with Gasteiger partial charge in [0.05, 0.1) is 11.1 Å². The van der Waals surface area contributed by atoms with Crippen molar-refractivity contribution in [3.63, 3.8) is 0 Å². The lowest BCUT2D eigenvalue weighted by Crippen LogP contribution is -2.37. The molecule has 0 unspecified atom stereocenters. The minimum Gasteiger partial charge on any atom is -0.336 e. The van der Waals surface area contributed by atoms with Crippen LogP contribution in [-0.4, -0.2) is 28.4 Å². The highest BCUT2D eigenvalue weighted by atomic mass is 35.5. The number of carbonyl (C=O) groups is 1. The predicted molar refractivity (Wildman–Crippen MR) is 83.2 cm³/mol. The van der Waals surface area contributed by atoms with Gasteiger partial charge in [0.1, 0.15) is 5.15 Å². The Bertz CT molecular complexity index is 625. The van der Waals surface area contributed by atoms with E-state index in [0.29, 0.717) is 10.7 Å². The molecule has 1 aromatic carbocycles. The van der Waals surface area contributed by atoms with Gasteiger partial charge in [0.2, 0.25) is 0 Å². The van der Waals surface area contributed by atoms with Crippen molar-refractivity contribution in [3.05, 3.63) is 41.0 Å². The van der Waals surface area contributed by atoms with Crippen LogP contribution < -0.4 is 0 Å². The van der Waals surface area contributed by atoms with Gasteiger partial charge in [-0.05, 0) is 32.4 Å². The molecule has 106 valence electrons. The maximum atomic E-state index is 12.8. The molecule has 0 bridgehead atoms. The first kappa shape index (κ1) is 14.8. The number of aromatic nitrogens is 1. The Labute approximate surface area is 124 Å². The lowest BCUT2D eigenvalue weighted by Gasteiger charge is -2.27. The quantitative estimate of drug-likeness (QED) is 0.793. The number of amides is 1. The molecule has 0 aliphatic carbocycles. The molecule has 0 atom stereocenters. The normalized spacial score (nSPS) is 11.1. The van der Waals surface area contributed by atoms with Crippen LogP contribution >= 0.6 is 11.6 Å². The number of hydrogen-bond acceptors (Lipinski definition) is 2. The van der Waals surface area contributed by atoms with Crippen molar-refractivity contribution < 1.29 is 4.79 Å². The Morgan fingerprint density at radius 1 is 1.35 bits per heavy atom. The molecule has 0 fully saturated rings. The van der Waals surface area contributed by atoms with Gasteiger partial charge < -0.3 is 4.90 Å². The lowest BCUT2D eigenvalue weighted by molar-refractivity contribution is 0.0708. The van der Waals surface area contributed by atoms with Crippen LogP contribution in [0.5, 0.6) is 0 Å². The fourth-order valence-electron chi connectivity index (χ4n) is 2.31. The number of fused-ring (bicyclic) bond motifs is 1. The largest absolute Gasteiger partial charge is 0.336 e. The third-order valence-electron chi connectivity index (χ3n) is 3.26. The van der Waals surface area contributed by atoms with Crippen molar-refractivity contribution in [2.45, 2.75) is 33.2 Å². The van der Waals surface area contributed by atoms with Crippen LogP contribution in [0.25, 0.3) is 10.9 Å². The van der Waals surface area contributed by atoms with Gasteiger partial charge in [0.15, 0.2) is 0 Å². The molecule has 1 heterocycles. The number of rotatable bonds is 4. The number of benzene rings is 1. The standard InChI is InChI=1S/C16H19ClN2O/c1-4-9-19(11(2)3)16(20)13-10-15(17)18-14-8-6-5-7-12(13)14/h5-8,10-11H,4,9H2,1-3H3. The zero-order valence-electron chi connectivity index (χ0n) is 12.1. The molecule has 0 spiro atoms. The van der Waals surface area contributed by atoms with E-state index in [0.717, 1.165) is 23.9 Å². The van der Waals surface area contributed by atoms with Gasteiger partial charge in [0, 0.05) is 18.0 Å². The van der Waals surface area contributed by atoms with Gasteiger partial charge in [-0.2, -0.15) is 0 Å². The average Bonchev–Trinajstić information content (AvgIpc) is 2.42. The fraction of sp³-hybridized carbons (Fsp3) is 0.375. The number of carbonyl (C=O) groups excluding carboxylic acids is 1. The maximum absolute atomic E-state index is 12.8. The molecule has 2 rings (SSSR count). The SMILES string of the molecule is CCCN(C(=O)c1cc(Cl)nc2ccccc12)C(C)C. The highest BCUT2D eigenvalue weighted by Gasteiger charge is 2.20. The Morgan fingerprint density at radius 2 is 2.05 bits per heavy atom. The smallest absolute Gasteiger partial charge is 0.254 e. The summed E-state index contributed by atoms with van der Waals surface area (Å²) in [6.45, 7) is 6.86. The van der Waals surface area contributed by atoms with Crippen molar-refractivity contribution in [3.8, 4) is 0 Å². The minimum atomic E-state index is 0.0161. The summed E-state index contributed by atoms with van der Waals surface area (Å²) in [7, 11) is 0. The molecule has 0 saturated heterocycles. The van der Waals surface area contributed by atoms with Gasteiger partial charge in [-0.25, -0.2) is 4.98 Å². The van der Waals surface area contributed by atoms with Crippen molar-refractivity contribution in [1.82, 2.24) is 9.88 Å². The van der Waals surface area contributed by atoms with Crippen LogP contribution in [0.4, 0.5) is 0 Å². The van der Waals surface area contributed by atoms with Crippen LogP contribution in [0.3, 0.4) is 0 Å². The second-order valence-electron chi connectivity index (χ2n) is 5.10. The molecule has 0 aliphatic rings. The second-order valence-corrected chi connectivity index (χ2v) is 5.49. The molecular weight excluding hydrogens is 272 g/mol. The van der Waals surface area contributed by atoms with Crippen molar-refractivity contribution in [2.75, 3.05) is 6.54 Å². The summed E-state index contributed by atoms with van der Waals surface area (Å²) >= 11 is 6.05. The molecule has 0 N–H and O–H groups in total. The topological polar surface area (TPSA) is 33.2 Å². The van der Waals surface area contributed by atoms with Gasteiger partial charge in [-0.3, -0.25) is 4.79 Å². The Balaban J connectivity index is 2.53. The van der Waals surface area contributed by atoms with E-state index in [1.807, 2.05) is 43.0 Å². The van der Waals surface area contributed by atoms with Crippen LogP contribution in [0, 0.1) is 0 Å². The first-order chi connectivity index (χ1) is 9.54. The third-order valence-corrected chi connectivity index (χ3v) is 3.46. The molecule has 1 amide bonds. The van der Waals surface area contributed by atoms with Crippen LogP contribution in [-0.2, 0) is 0 Å². The van der Waals surface area contributed by atoms with Gasteiger partial charge in [-0.1, -0.05) is 36.7 Å². The maximum Gasteiger partial charge on any atom is 0.254 e. The monoisotopic (exact) mass is 290 g/mol. The summed E-state index contributed by atoms with van der Waals surface area (Å²) in [5.41, 5.74) is 1.38. The van der Waals surface area contributed by atoms with E-state index in [1.54, 1.807) is 6.07 Å². The molecule has 20 heavy (non-hydrogen) atoms. The molecule has 2 aromatic rings. The highest BCUT2D eigenvalue weighted by Crippen LogP contribution is 2.23. The van der Waals surface area contributed by atoms with E-state index in [4.69, 9.17) is 11.6 Å². The number of para-hydroxylation sites is 1. The van der Waals surface area contributed by atoms with Crippen molar-refractivity contribution >= 4 is 28.4 Å². The molecule has 1 aromatic heterocycles. The average molecular weight is 291 g/mol. The van der Waals surface area contributed by atoms with Crippen LogP contribution in [0.2, 0.25) is 5.15 Å². The van der Waals surface area contributed by atoms with E-state index < -0.39 is 0 Å². The number of hydrogen-bond donors (Lipinski definition) is 0. The summed E-state index contributed by atoms with van der Waals surface area (Å²) in [5.74, 6) is 0.0161. The number of nitrogens with zero attached hydrogens (tertiary/aromatic N) is 2.